The Morgan fingerprint density at radius 2 is 1.50 bits per heavy atom. The van der Waals surface area contributed by atoms with Crippen LogP contribution < -0.4 is 9.47 Å². The summed E-state index contributed by atoms with van der Waals surface area (Å²) in [6.07, 6.45) is 3.46. The molecule has 5 aromatic rings. The van der Waals surface area contributed by atoms with Crippen molar-refractivity contribution in [1.82, 2.24) is 29.9 Å². The van der Waals surface area contributed by atoms with Crippen LogP contribution >= 0.6 is 11.8 Å². The van der Waals surface area contributed by atoms with Crippen molar-refractivity contribution in [3.05, 3.63) is 78.9 Å². The average molecular weight is 473 g/mol. The molecule has 9 nitrogen and oxygen atoms in total. The molecule has 34 heavy (non-hydrogen) atoms. The Balaban J connectivity index is 1.41. The lowest BCUT2D eigenvalue weighted by molar-refractivity contribution is 0.391. The Morgan fingerprint density at radius 1 is 0.824 bits per heavy atom. The molecule has 10 heteroatoms. The Hall–Kier alpha value is -4.18. The molecule has 0 aliphatic heterocycles. The van der Waals surface area contributed by atoms with Crippen LogP contribution in [0.25, 0.3) is 28.5 Å². The van der Waals surface area contributed by atoms with Gasteiger partial charge in [-0.25, -0.2) is 0 Å². The number of ether oxygens (including phenoxy) is 2. The molecule has 0 unspecified atom stereocenters. The minimum absolute atomic E-state index is 0.438. The molecule has 0 spiro atoms. The van der Waals surface area contributed by atoms with E-state index in [1.54, 1.807) is 26.6 Å². The number of nitrogens with zero attached hydrogens (tertiary/aromatic N) is 6. The fraction of sp³-hybridized carbons (Fsp3) is 0.125. The first-order chi connectivity index (χ1) is 16.7. The SMILES string of the molecule is COc1ccc(-c2noc(CSc3nnc(-c4ccncc4)n3-c3ccc(OC)cc3)n2)cc1. The van der Waals surface area contributed by atoms with Crippen molar-refractivity contribution < 1.29 is 14.0 Å². The number of aromatic nitrogens is 6. The molecule has 5 rings (SSSR count). The zero-order chi connectivity index (χ0) is 23.3. The Kier molecular flexibility index (Phi) is 6.21. The monoisotopic (exact) mass is 472 g/mol. The highest BCUT2D eigenvalue weighted by Gasteiger charge is 2.18. The van der Waals surface area contributed by atoms with Crippen LogP contribution in [0.5, 0.6) is 11.5 Å². The summed E-state index contributed by atoms with van der Waals surface area (Å²) in [5, 5.41) is 13.7. The Morgan fingerprint density at radius 3 is 2.18 bits per heavy atom. The van der Waals surface area contributed by atoms with Crippen LogP contribution in [0.3, 0.4) is 0 Å². The summed E-state index contributed by atoms with van der Waals surface area (Å²) in [6, 6.07) is 19.0. The Labute approximate surface area is 199 Å². The van der Waals surface area contributed by atoms with E-state index in [1.807, 2.05) is 65.2 Å². The number of thioether (sulfide) groups is 1. The molecule has 0 bridgehead atoms. The highest BCUT2D eigenvalue weighted by Crippen LogP contribution is 2.30. The third-order valence-corrected chi connectivity index (χ3v) is 5.96. The van der Waals surface area contributed by atoms with Gasteiger partial charge in [0.05, 0.1) is 20.0 Å². The quantitative estimate of drug-likeness (QED) is 0.298. The fourth-order valence-electron chi connectivity index (χ4n) is 3.31. The Bertz CT molecular complexity index is 1370. The summed E-state index contributed by atoms with van der Waals surface area (Å²) in [5.41, 5.74) is 2.66. The average Bonchev–Trinajstić information content (AvgIpc) is 3.55. The van der Waals surface area contributed by atoms with Crippen molar-refractivity contribution in [3.63, 3.8) is 0 Å². The van der Waals surface area contributed by atoms with Crippen LogP contribution in [-0.2, 0) is 5.75 Å². The van der Waals surface area contributed by atoms with Crippen LogP contribution in [-0.4, -0.2) is 44.1 Å². The van der Waals surface area contributed by atoms with Gasteiger partial charge in [0.15, 0.2) is 11.0 Å². The van der Waals surface area contributed by atoms with E-state index in [-0.39, 0.29) is 0 Å². The molecule has 3 aromatic heterocycles. The number of benzene rings is 2. The molecule has 0 N–H and O–H groups in total. The lowest BCUT2D eigenvalue weighted by Crippen LogP contribution is -2.00. The first kappa shape index (κ1) is 21.7. The van der Waals surface area contributed by atoms with Gasteiger partial charge in [-0.3, -0.25) is 9.55 Å². The molecule has 0 amide bonds. The van der Waals surface area contributed by atoms with E-state index >= 15 is 0 Å². The van der Waals surface area contributed by atoms with E-state index in [4.69, 9.17) is 14.0 Å². The van der Waals surface area contributed by atoms with Gasteiger partial charge in [-0.05, 0) is 60.7 Å². The normalized spacial score (nSPS) is 10.9. The summed E-state index contributed by atoms with van der Waals surface area (Å²) < 4.78 is 18.0. The molecule has 0 saturated carbocycles. The summed E-state index contributed by atoms with van der Waals surface area (Å²) in [6.45, 7) is 0. The molecule has 0 atom stereocenters. The van der Waals surface area contributed by atoms with Crippen molar-refractivity contribution in [1.29, 1.82) is 0 Å². The van der Waals surface area contributed by atoms with Crippen molar-refractivity contribution in [2.45, 2.75) is 10.9 Å². The second-order valence-electron chi connectivity index (χ2n) is 7.10. The van der Waals surface area contributed by atoms with Gasteiger partial charge in [0.2, 0.25) is 11.7 Å². The predicted molar refractivity (Wildman–Crippen MR) is 127 cm³/mol. The van der Waals surface area contributed by atoms with Crippen molar-refractivity contribution in [2.24, 2.45) is 0 Å². The lowest BCUT2D eigenvalue weighted by atomic mass is 10.2. The summed E-state index contributed by atoms with van der Waals surface area (Å²) in [5.74, 6) is 3.70. The topological polar surface area (TPSA) is 101 Å². The van der Waals surface area contributed by atoms with E-state index < -0.39 is 0 Å². The van der Waals surface area contributed by atoms with Crippen LogP contribution in [0.2, 0.25) is 0 Å². The molecule has 0 aliphatic rings. The number of hydrogen-bond donors (Lipinski definition) is 0. The van der Waals surface area contributed by atoms with Crippen LogP contribution in [0.1, 0.15) is 5.89 Å². The highest BCUT2D eigenvalue weighted by molar-refractivity contribution is 7.98. The minimum atomic E-state index is 0.438. The van der Waals surface area contributed by atoms with E-state index in [2.05, 4.69) is 25.3 Å². The number of rotatable bonds is 8. The van der Waals surface area contributed by atoms with Gasteiger partial charge < -0.3 is 14.0 Å². The van der Waals surface area contributed by atoms with Crippen molar-refractivity contribution in [2.75, 3.05) is 14.2 Å². The summed E-state index contributed by atoms with van der Waals surface area (Å²) in [4.78, 5) is 8.62. The van der Waals surface area contributed by atoms with E-state index in [1.165, 1.54) is 11.8 Å². The molecule has 0 fully saturated rings. The van der Waals surface area contributed by atoms with Crippen LogP contribution in [0.4, 0.5) is 0 Å². The zero-order valence-corrected chi connectivity index (χ0v) is 19.3. The predicted octanol–water partition coefficient (Wildman–Crippen LogP) is 4.69. The first-order valence-electron chi connectivity index (χ1n) is 10.3. The van der Waals surface area contributed by atoms with Gasteiger partial charge >= 0.3 is 0 Å². The van der Waals surface area contributed by atoms with Gasteiger partial charge in [0, 0.05) is 29.2 Å². The van der Waals surface area contributed by atoms with Gasteiger partial charge in [-0.1, -0.05) is 16.9 Å². The largest absolute Gasteiger partial charge is 0.497 e. The molecule has 3 heterocycles. The molecular formula is C24H20N6O3S. The van der Waals surface area contributed by atoms with E-state index in [0.29, 0.717) is 28.4 Å². The number of methoxy groups -OCH3 is 2. The molecule has 0 radical (unpaired) electrons. The highest BCUT2D eigenvalue weighted by atomic mass is 32.2. The zero-order valence-electron chi connectivity index (χ0n) is 18.5. The molecule has 2 aromatic carbocycles. The fourth-order valence-corrected chi connectivity index (χ4v) is 4.10. The third-order valence-electron chi connectivity index (χ3n) is 5.04. The maximum Gasteiger partial charge on any atom is 0.237 e. The smallest absolute Gasteiger partial charge is 0.237 e. The maximum absolute atomic E-state index is 5.47. The second-order valence-corrected chi connectivity index (χ2v) is 8.05. The van der Waals surface area contributed by atoms with Crippen molar-refractivity contribution in [3.8, 4) is 40.0 Å². The minimum Gasteiger partial charge on any atom is -0.497 e. The van der Waals surface area contributed by atoms with E-state index in [0.717, 1.165) is 28.3 Å². The summed E-state index contributed by atoms with van der Waals surface area (Å²) in [7, 11) is 3.27. The van der Waals surface area contributed by atoms with Crippen molar-refractivity contribution >= 4 is 11.8 Å². The lowest BCUT2D eigenvalue weighted by Gasteiger charge is -2.10. The standard InChI is InChI=1S/C24H20N6O3S/c1-31-19-7-3-16(4-8-19)22-26-21(33-29-22)15-34-24-28-27-23(17-11-13-25-14-12-17)30(24)18-5-9-20(32-2)10-6-18/h3-14H,15H2,1-2H3. The van der Waals surface area contributed by atoms with Crippen LogP contribution in [0.15, 0.2) is 82.7 Å². The third kappa shape index (κ3) is 4.48. The van der Waals surface area contributed by atoms with Gasteiger partial charge in [-0.15, -0.1) is 10.2 Å². The number of hydrogen-bond acceptors (Lipinski definition) is 9. The van der Waals surface area contributed by atoms with Gasteiger partial charge in [0.1, 0.15) is 11.5 Å². The van der Waals surface area contributed by atoms with Crippen LogP contribution in [0, 0.1) is 0 Å². The molecular weight excluding hydrogens is 452 g/mol. The number of pyridine rings is 1. The first-order valence-corrected chi connectivity index (χ1v) is 11.3. The maximum atomic E-state index is 5.47. The second kappa shape index (κ2) is 9.75. The van der Waals surface area contributed by atoms with E-state index in [9.17, 15) is 0 Å². The van der Waals surface area contributed by atoms with Gasteiger partial charge in [-0.2, -0.15) is 4.98 Å². The molecule has 0 aliphatic carbocycles. The molecule has 0 saturated heterocycles. The molecule has 170 valence electrons. The summed E-state index contributed by atoms with van der Waals surface area (Å²) >= 11 is 1.46. The van der Waals surface area contributed by atoms with Gasteiger partial charge in [0.25, 0.3) is 0 Å².